The minimum Gasteiger partial charge on any atom is -0.338 e. The summed E-state index contributed by atoms with van der Waals surface area (Å²) in [5.74, 6) is 1.27. The fourth-order valence-electron chi connectivity index (χ4n) is 3.95. The zero-order chi connectivity index (χ0) is 15.1. The molecule has 1 aliphatic carbocycles. The van der Waals surface area contributed by atoms with Crippen molar-refractivity contribution in [1.82, 2.24) is 9.47 Å². The van der Waals surface area contributed by atoms with Crippen molar-refractivity contribution in [2.24, 2.45) is 17.6 Å². The van der Waals surface area contributed by atoms with Crippen molar-refractivity contribution in [2.75, 3.05) is 13.1 Å². The lowest BCUT2D eigenvalue weighted by atomic mass is 9.98. The van der Waals surface area contributed by atoms with E-state index in [1.165, 1.54) is 11.3 Å². The third-order valence-corrected chi connectivity index (χ3v) is 6.02. The molecule has 2 aromatic heterocycles. The standard InChI is InChI=1S/C17H21N3OS.ClH/c18-15-6-5-12-9-20(11-14(12)15)17(21)16-4-1-7-19(16)10-13-3-2-8-22-13;/h1-4,7-8,12,14-15H,5-6,9-11,18H2;1H. The average molecular weight is 352 g/mol. The second kappa shape index (κ2) is 6.67. The van der Waals surface area contributed by atoms with Crippen LogP contribution in [0.15, 0.2) is 35.8 Å². The summed E-state index contributed by atoms with van der Waals surface area (Å²) < 4.78 is 2.06. The van der Waals surface area contributed by atoms with Gasteiger partial charge in [0.25, 0.3) is 5.91 Å². The number of halogens is 1. The Labute approximate surface area is 146 Å². The summed E-state index contributed by atoms with van der Waals surface area (Å²) >= 11 is 1.73. The van der Waals surface area contributed by atoms with Crippen LogP contribution >= 0.6 is 23.7 Å². The Morgan fingerprint density at radius 1 is 1.26 bits per heavy atom. The van der Waals surface area contributed by atoms with Gasteiger partial charge in [-0.2, -0.15) is 0 Å². The van der Waals surface area contributed by atoms with Gasteiger partial charge in [-0.3, -0.25) is 4.79 Å². The maximum Gasteiger partial charge on any atom is 0.270 e. The van der Waals surface area contributed by atoms with Crippen LogP contribution in [0.1, 0.15) is 28.2 Å². The van der Waals surface area contributed by atoms with Gasteiger partial charge in [0, 0.05) is 30.2 Å². The molecule has 1 amide bonds. The Hall–Kier alpha value is -1.30. The fraction of sp³-hybridized carbons (Fsp3) is 0.471. The Morgan fingerprint density at radius 2 is 2.13 bits per heavy atom. The molecule has 23 heavy (non-hydrogen) atoms. The molecule has 2 N–H and O–H groups in total. The number of amides is 1. The van der Waals surface area contributed by atoms with Gasteiger partial charge in [0.2, 0.25) is 0 Å². The third-order valence-electron chi connectivity index (χ3n) is 5.15. The first-order valence-corrected chi connectivity index (χ1v) is 8.82. The number of hydrogen-bond donors (Lipinski definition) is 1. The quantitative estimate of drug-likeness (QED) is 0.924. The largest absolute Gasteiger partial charge is 0.338 e. The molecule has 3 atom stereocenters. The van der Waals surface area contributed by atoms with E-state index in [4.69, 9.17) is 5.73 Å². The molecule has 2 aromatic rings. The van der Waals surface area contributed by atoms with Gasteiger partial charge < -0.3 is 15.2 Å². The molecule has 2 fully saturated rings. The fourth-order valence-corrected chi connectivity index (χ4v) is 4.65. The number of rotatable bonds is 3. The van der Waals surface area contributed by atoms with E-state index in [1.54, 1.807) is 11.3 Å². The Balaban J connectivity index is 0.00000156. The zero-order valence-electron chi connectivity index (χ0n) is 12.9. The van der Waals surface area contributed by atoms with E-state index < -0.39 is 0 Å². The lowest BCUT2D eigenvalue weighted by Gasteiger charge is -2.19. The van der Waals surface area contributed by atoms with Crippen molar-refractivity contribution < 1.29 is 4.79 Å². The minimum atomic E-state index is 0. The highest BCUT2D eigenvalue weighted by Gasteiger charge is 2.42. The van der Waals surface area contributed by atoms with Crippen LogP contribution in [0.5, 0.6) is 0 Å². The molecular formula is C17H22ClN3OS. The molecule has 6 heteroatoms. The number of likely N-dealkylation sites (tertiary alicyclic amines) is 1. The number of hydrogen-bond acceptors (Lipinski definition) is 3. The molecule has 1 saturated carbocycles. The van der Waals surface area contributed by atoms with Crippen molar-refractivity contribution in [3.8, 4) is 0 Å². The maximum atomic E-state index is 12.9. The van der Waals surface area contributed by atoms with E-state index in [9.17, 15) is 4.79 Å². The Morgan fingerprint density at radius 3 is 2.87 bits per heavy atom. The Kier molecular flexibility index (Phi) is 4.80. The molecule has 0 bridgehead atoms. The predicted octanol–water partition coefficient (Wildman–Crippen LogP) is 2.83. The van der Waals surface area contributed by atoms with Crippen molar-refractivity contribution in [1.29, 1.82) is 0 Å². The molecule has 4 rings (SSSR count). The molecule has 3 heterocycles. The molecule has 4 nitrogen and oxygen atoms in total. The molecule has 3 unspecified atom stereocenters. The summed E-state index contributed by atoms with van der Waals surface area (Å²) in [5, 5.41) is 2.07. The smallest absolute Gasteiger partial charge is 0.270 e. The van der Waals surface area contributed by atoms with Crippen LogP contribution in [0.3, 0.4) is 0 Å². The first-order chi connectivity index (χ1) is 10.7. The van der Waals surface area contributed by atoms with E-state index in [2.05, 4.69) is 16.0 Å². The molecule has 2 aliphatic rings. The van der Waals surface area contributed by atoms with Crippen LogP contribution in [-0.2, 0) is 6.54 Å². The highest BCUT2D eigenvalue weighted by molar-refractivity contribution is 7.09. The lowest BCUT2D eigenvalue weighted by molar-refractivity contribution is 0.0769. The van der Waals surface area contributed by atoms with Crippen LogP contribution in [0.25, 0.3) is 0 Å². The summed E-state index contributed by atoms with van der Waals surface area (Å²) in [5.41, 5.74) is 6.97. The highest BCUT2D eigenvalue weighted by atomic mass is 35.5. The van der Waals surface area contributed by atoms with Gasteiger partial charge in [0.05, 0.1) is 6.54 Å². The Bertz CT molecular complexity index is 669. The molecule has 0 aromatic carbocycles. The lowest BCUT2D eigenvalue weighted by Crippen LogP contribution is -2.34. The normalized spacial score (nSPS) is 26.1. The highest BCUT2D eigenvalue weighted by Crippen LogP contribution is 2.37. The first-order valence-electron chi connectivity index (χ1n) is 7.95. The van der Waals surface area contributed by atoms with Gasteiger partial charge in [0.1, 0.15) is 5.69 Å². The predicted molar refractivity (Wildman–Crippen MR) is 95.2 cm³/mol. The van der Waals surface area contributed by atoms with Crippen LogP contribution in [0, 0.1) is 11.8 Å². The third kappa shape index (κ3) is 3.05. The summed E-state index contributed by atoms with van der Waals surface area (Å²) in [6, 6.07) is 8.33. The number of aromatic nitrogens is 1. The van der Waals surface area contributed by atoms with Crippen LogP contribution in [0.4, 0.5) is 0 Å². The number of nitrogens with zero attached hydrogens (tertiary/aromatic N) is 2. The van der Waals surface area contributed by atoms with Crippen molar-refractivity contribution in [3.63, 3.8) is 0 Å². The number of nitrogens with two attached hydrogens (primary N) is 1. The summed E-state index contributed by atoms with van der Waals surface area (Å²) in [4.78, 5) is 16.1. The van der Waals surface area contributed by atoms with Gasteiger partial charge in [0.15, 0.2) is 0 Å². The van der Waals surface area contributed by atoms with Crippen LogP contribution in [-0.4, -0.2) is 34.5 Å². The maximum absolute atomic E-state index is 12.9. The van der Waals surface area contributed by atoms with E-state index in [-0.39, 0.29) is 24.4 Å². The summed E-state index contributed by atoms with van der Waals surface area (Å²) in [7, 11) is 0. The molecule has 124 valence electrons. The monoisotopic (exact) mass is 351 g/mol. The molecule has 1 saturated heterocycles. The van der Waals surface area contributed by atoms with E-state index >= 15 is 0 Å². The average Bonchev–Trinajstić information content (AvgIpc) is 3.26. The van der Waals surface area contributed by atoms with E-state index in [1.807, 2.05) is 29.3 Å². The first kappa shape index (κ1) is 16.6. The van der Waals surface area contributed by atoms with Gasteiger partial charge in [-0.25, -0.2) is 0 Å². The second-order valence-electron chi connectivity index (χ2n) is 6.48. The van der Waals surface area contributed by atoms with Crippen molar-refractivity contribution >= 4 is 29.7 Å². The number of carbonyl (C=O) groups excluding carboxylic acids is 1. The van der Waals surface area contributed by atoms with Gasteiger partial charge in [-0.15, -0.1) is 23.7 Å². The summed E-state index contributed by atoms with van der Waals surface area (Å²) in [6.45, 7) is 2.47. The SMILES string of the molecule is Cl.NC1CCC2CN(C(=O)c3cccn3Cc3cccs3)CC12. The second-order valence-corrected chi connectivity index (χ2v) is 7.51. The van der Waals surface area contributed by atoms with E-state index in [0.717, 1.165) is 31.7 Å². The molecular weight excluding hydrogens is 330 g/mol. The van der Waals surface area contributed by atoms with Crippen molar-refractivity contribution in [2.45, 2.75) is 25.4 Å². The van der Waals surface area contributed by atoms with Crippen LogP contribution < -0.4 is 5.73 Å². The summed E-state index contributed by atoms with van der Waals surface area (Å²) in [6.07, 6.45) is 4.29. The zero-order valence-corrected chi connectivity index (χ0v) is 14.6. The van der Waals surface area contributed by atoms with Crippen molar-refractivity contribution in [3.05, 3.63) is 46.4 Å². The molecule has 1 aliphatic heterocycles. The number of thiophene rings is 1. The number of fused-ring (bicyclic) bond motifs is 1. The van der Waals surface area contributed by atoms with Gasteiger partial charge in [-0.1, -0.05) is 6.07 Å². The topological polar surface area (TPSA) is 51.3 Å². The minimum absolute atomic E-state index is 0. The molecule has 0 radical (unpaired) electrons. The van der Waals surface area contributed by atoms with E-state index in [0.29, 0.717) is 11.8 Å². The number of carbonyl (C=O) groups is 1. The van der Waals surface area contributed by atoms with Gasteiger partial charge in [-0.05, 0) is 48.3 Å². The van der Waals surface area contributed by atoms with Gasteiger partial charge >= 0.3 is 0 Å². The molecule has 0 spiro atoms. The van der Waals surface area contributed by atoms with Crippen LogP contribution in [0.2, 0.25) is 0 Å².